The van der Waals surface area contributed by atoms with E-state index in [1.165, 1.54) is 122 Å². The topological polar surface area (TPSA) is 131 Å². The zero-order chi connectivity index (χ0) is 40.3. The predicted molar refractivity (Wildman–Crippen MR) is 235 cm³/mol. The molecule has 0 saturated heterocycles. The van der Waals surface area contributed by atoms with Crippen molar-refractivity contribution in [1.82, 2.24) is 5.32 Å². The molecule has 0 spiro atoms. The molecule has 322 valence electrons. The number of carbonyl (C=O) groups excluding carboxylic acids is 1. The van der Waals surface area contributed by atoms with Gasteiger partial charge in [0.15, 0.2) is 0 Å². The van der Waals surface area contributed by atoms with Crippen LogP contribution in [0.1, 0.15) is 206 Å². The number of aliphatic hydroxyl groups is 1. The molecule has 0 aliphatic rings. The van der Waals surface area contributed by atoms with Crippen molar-refractivity contribution < 1.29 is 28.4 Å². The summed E-state index contributed by atoms with van der Waals surface area (Å²) in [7, 11) is -4.35. The summed E-state index contributed by atoms with van der Waals surface area (Å²) >= 11 is 0. The highest BCUT2D eigenvalue weighted by Crippen LogP contribution is 2.43. The van der Waals surface area contributed by atoms with Gasteiger partial charge in [0.1, 0.15) is 0 Å². The first-order valence-electron chi connectivity index (χ1n) is 22.8. The number of phosphoric ester groups is 1. The number of unbranched alkanes of at least 4 members (excludes halogenated alkanes) is 24. The lowest BCUT2D eigenvalue weighted by atomic mass is 10.1. The fourth-order valence-corrected chi connectivity index (χ4v) is 7.15. The van der Waals surface area contributed by atoms with Gasteiger partial charge in [-0.15, -0.1) is 0 Å². The molecule has 0 bridgehead atoms. The van der Waals surface area contributed by atoms with Gasteiger partial charge in [0.25, 0.3) is 0 Å². The number of phosphoric acid groups is 1. The van der Waals surface area contributed by atoms with E-state index in [1.54, 1.807) is 6.08 Å². The minimum absolute atomic E-state index is 0.0695. The molecule has 9 heteroatoms. The van der Waals surface area contributed by atoms with Crippen molar-refractivity contribution in [3.8, 4) is 0 Å². The summed E-state index contributed by atoms with van der Waals surface area (Å²) in [5, 5.41) is 13.7. The lowest BCUT2D eigenvalue weighted by Crippen LogP contribution is -2.45. The number of hydrogen-bond acceptors (Lipinski definition) is 6. The average molecular weight is 795 g/mol. The van der Waals surface area contributed by atoms with Crippen molar-refractivity contribution in [2.24, 2.45) is 5.73 Å². The van der Waals surface area contributed by atoms with Crippen LogP contribution in [0.15, 0.2) is 48.6 Å². The number of allylic oxidation sites excluding steroid dienone is 7. The quantitative estimate of drug-likeness (QED) is 0.0275. The largest absolute Gasteiger partial charge is 0.472 e. The van der Waals surface area contributed by atoms with E-state index >= 15 is 0 Å². The second-order valence-corrected chi connectivity index (χ2v) is 16.7. The summed E-state index contributed by atoms with van der Waals surface area (Å²) in [6.45, 7) is 4.10. The molecule has 0 heterocycles. The van der Waals surface area contributed by atoms with E-state index in [9.17, 15) is 19.4 Å². The third-order valence-corrected chi connectivity index (χ3v) is 10.8. The molecule has 0 aliphatic heterocycles. The number of nitrogens with two attached hydrogens (primary N) is 1. The Bertz CT molecular complexity index is 1000. The number of rotatable bonds is 42. The summed E-state index contributed by atoms with van der Waals surface area (Å²) < 4.78 is 22.1. The van der Waals surface area contributed by atoms with Gasteiger partial charge in [-0.05, 0) is 70.6 Å². The number of carbonyl (C=O) groups is 1. The van der Waals surface area contributed by atoms with Crippen molar-refractivity contribution in [2.45, 2.75) is 219 Å². The van der Waals surface area contributed by atoms with Gasteiger partial charge in [-0.2, -0.15) is 0 Å². The molecule has 0 radical (unpaired) electrons. The van der Waals surface area contributed by atoms with Crippen molar-refractivity contribution in [2.75, 3.05) is 19.8 Å². The van der Waals surface area contributed by atoms with Crippen molar-refractivity contribution >= 4 is 13.7 Å². The SMILES string of the molecule is CCCCCCCCC/C=C\CCCCCCCC(=O)NC(COP(=O)(O)OCCN)C(O)/C=C/CC/C=C/CC/C=C/CCCCCCCCCCCC. The lowest BCUT2D eigenvalue weighted by Gasteiger charge is -2.23. The Labute approximate surface area is 339 Å². The Hall–Kier alpha value is -1.54. The van der Waals surface area contributed by atoms with Crippen LogP contribution in [-0.2, 0) is 18.4 Å². The van der Waals surface area contributed by atoms with Gasteiger partial charge in [-0.3, -0.25) is 13.8 Å². The highest BCUT2D eigenvalue weighted by atomic mass is 31.2. The van der Waals surface area contributed by atoms with Crippen LogP contribution in [0, 0.1) is 0 Å². The van der Waals surface area contributed by atoms with Crippen LogP contribution < -0.4 is 11.1 Å². The fraction of sp³-hybridized carbons (Fsp3) is 0.804. The third kappa shape index (κ3) is 40.5. The molecule has 0 aliphatic carbocycles. The van der Waals surface area contributed by atoms with E-state index in [4.69, 9.17) is 14.8 Å². The van der Waals surface area contributed by atoms with Gasteiger partial charge < -0.3 is 21.1 Å². The molecule has 0 aromatic rings. The van der Waals surface area contributed by atoms with Crippen LogP contribution in [0.5, 0.6) is 0 Å². The van der Waals surface area contributed by atoms with Crippen LogP contribution in [0.2, 0.25) is 0 Å². The molecule has 0 aromatic carbocycles. The van der Waals surface area contributed by atoms with Gasteiger partial charge >= 0.3 is 7.82 Å². The van der Waals surface area contributed by atoms with Gasteiger partial charge in [0.05, 0.1) is 25.4 Å². The fourth-order valence-electron chi connectivity index (χ4n) is 6.39. The van der Waals surface area contributed by atoms with Gasteiger partial charge in [0.2, 0.25) is 5.91 Å². The van der Waals surface area contributed by atoms with Crippen LogP contribution in [-0.4, -0.2) is 47.8 Å². The number of nitrogens with one attached hydrogen (secondary N) is 1. The molecule has 8 nitrogen and oxygen atoms in total. The Balaban J connectivity index is 4.29. The van der Waals surface area contributed by atoms with Crippen LogP contribution in [0.4, 0.5) is 0 Å². The Morgan fingerprint density at radius 3 is 1.40 bits per heavy atom. The van der Waals surface area contributed by atoms with E-state index in [2.05, 4.69) is 55.6 Å². The molecule has 55 heavy (non-hydrogen) atoms. The summed E-state index contributed by atoms with van der Waals surface area (Å²) in [6, 6.07) is -0.888. The normalized spacial score (nSPS) is 14.5. The lowest BCUT2D eigenvalue weighted by molar-refractivity contribution is -0.123. The monoisotopic (exact) mass is 795 g/mol. The van der Waals surface area contributed by atoms with E-state index in [-0.39, 0.29) is 25.7 Å². The van der Waals surface area contributed by atoms with Gasteiger partial charge in [-0.25, -0.2) is 4.57 Å². The molecule has 0 rings (SSSR count). The zero-order valence-corrected chi connectivity index (χ0v) is 36.6. The van der Waals surface area contributed by atoms with E-state index < -0.39 is 20.0 Å². The molecule has 1 amide bonds. The highest BCUT2D eigenvalue weighted by molar-refractivity contribution is 7.47. The summed E-state index contributed by atoms with van der Waals surface area (Å²) in [4.78, 5) is 22.7. The smallest absolute Gasteiger partial charge is 0.387 e. The molecule has 0 saturated carbocycles. The zero-order valence-electron chi connectivity index (χ0n) is 35.7. The van der Waals surface area contributed by atoms with Crippen molar-refractivity contribution in [3.05, 3.63) is 48.6 Å². The first kappa shape index (κ1) is 53.5. The Morgan fingerprint density at radius 1 is 0.582 bits per heavy atom. The van der Waals surface area contributed by atoms with Crippen LogP contribution in [0.25, 0.3) is 0 Å². The number of aliphatic hydroxyl groups excluding tert-OH is 1. The van der Waals surface area contributed by atoms with Crippen molar-refractivity contribution in [1.29, 1.82) is 0 Å². The van der Waals surface area contributed by atoms with Crippen LogP contribution in [0.3, 0.4) is 0 Å². The minimum Gasteiger partial charge on any atom is -0.387 e. The molecular weight excluding hydrogens is 707 g/mol. The molecule has 3 unspecified atom stereocenters. The molecule has 5 N–H and O–H groups in total. The van der Waals surface area contributed by atoms with Crippen LogP contribution >= 0.6 is 7.82 Å². The summed E-state index contributed by atoms with van der Waals surface area (Å²) in [6.07, 6.45) is 51.7. The second-order valence-electron chi connectivity index (χ2n) is 15.2. The summed E-state index contributed by atoms with van der Waals surface area (Å²) in [5.41, 5.74) is 5.37. The van der Waals surface area contributed by atoms with E-state index in [0.717, 1.165) is 64.2 Å². The Morgan fingerprint density at radius 2 is 0.964 bits per heavy atom. The van der Waals surface area contributed by atoms with Gasteiger partial charge in [0, 0.05) is 13.0 Å². The second kappa shape index (κ2) is 42.1. The molecule has 0 aromatic heterocycles. The first-order chi connectivity index (χ1) is 26.9. The molecule has 0 fully saturated rings. The molecular formula is C46H87N2O6P. The maximum Gasteiger partial charge on any atom is 0.472 e. The number of hydrogen-bond donors (Lipinski definition) is 4. The predicted octanol–water partition coefficient (Wildman–Crippen LogP) is 12.9. The average Bonchev–Trinajstić information content (AvgIpc) is 3.17. The third-order valence-electron chi connectivity index (χ3n) is 9.85. The summed E-state index contributed by atoms with van der Waals surface area (Å²) in [5.74, 6) is -0.217. The van der Waals surface area contributed by atoms with Crippen molar-refractivity contribution in [3.63, 3.8) is 0 Å². The highest BCUT2D eigenvalue weighted by Gasteiger charge is 2.26. The standard InChI is InChI=1S/C46H87N2O6P/c1-3-5-7-9-11-13-15-17-19-21-22-23-24-25-27-29-31-33-35-37-39-45(49)44(43-54-55(51,52)53-42-41-47)48-46(50)40-38-36-34-32-30-28-26-20-18-16-14-12-10-8-6-4-2/h20,23-24,26,29,31,37,39,44-45,49H,3-19,21-22,25,27-28,30,32-36,38,40-43,47H2,1-2H3,(H,48,50)(H,51,52)/b24-23+,26-20-,31-29+,39-37+. The maximum absolute atomic E-state index is 12.8. The first-order valence-corrected chi connectivity index (χ1v) is 24.3. The van der Waals surface area contributed by atoms with E-state index in [0.29, 0.717) is 6.42 Å². The Kier molecular flexibility index (Phi) is 40.9. The molecule has 3 atom stereocenters. The van der Waals surface area contributed by atoms with Gasteiger partial charge in [-0.1, -0.05) is 178 Å². The maximum atomic E-state index is 12.8. The number of amides is 1. The van der Waals surface area contributed by atoms with E-state index in [1.807, 2.05) is 6.08 Å². The minimum atomic E-state index is -4.35.